The van der Waals surface area contributed by atoms with Crippen molar-refractivity contribution in [3.05, 3.63) is 76.1 Å². The SMILES string of the molecule is CCOC(=O)C1=CN(C(=O)c2cc(F)cc(F)c2)CCc2c1[nH]c1ccc(Cl)cc21. The monoisotopic (exact) mass is 430 g/mol. The van der Waals surface area contributed by atoms with Gasteiger partial charge >= 0.3 is 5.97 Å². The van der Waals surface area contributed by atoms with Gasteiger partial charge in [-0.25, -0.2) is 13.6 Å². The molecular formula is C22H17ClF2N2O3. The van der Waals surface area contributed by atoms with Crippen LogP contribution in [0.25, 0.3) is 16.5 Å². The maximum Gasteiger partial charge on any atom is 0.341 e. The lowest BCUT2D eigenvalue weighted by Crippen LogP contribution is -2.28. The Kier molecular flexibility index (Phi) is 5.30. The second-order valence-electron chi connectivity index (χ2n) is 6.84. The summed E-state index contributed by atoms with van der Waals surface area (Å²) in [6, 6.07) is 7.95. The van der Waals surface area contributed by atoms with Gasteiger partial charge in [0.2, 0.25) is 0 Å². The highest BCUT2D eigenvalue weighted by molar-refractivity contribution is 6.31. The van der Waals surface area contributed by atoms with Crippen LogP contribution in [0.3, 0.4) is 0 Å². The van der Waals surface area contributed by atoms with Crippen LogP contribution in [-0.4, -0.2) is 34.9 Å². The van der Waals surface area contributed by atoms with Gasteiger partial charge in [0.1, 0.15) is 11.6 Å². The molecule has 1 aliphatic heterocycles. The number of aromatic nitrogens is 1. The van der Waals surface area contributed by atoms with Crippen LogP contribution in [0.1, 0.15) is 28.5 Å². The highest BCUT2D eigenvalue weighted by Gasteiger charge is 2.28. The predicted octanol–water partition coefficient (Wildman–Crippen LogP) is 4.70. The van der Waals surface area contributed by atoms with E-state index < -0.39 is 23.5 Å². The van der Waals surface area contributed by atoms with Gasteiger partial charge in [-0.3, -0.25) is 4.79 Å². The fraction of sp³-hybridized carbons (Fsp3) is 0.182. The summed E-state index contributed by atoms with van der Waals surface area (Å²) in [5, 5.41) is 1.37. The van der Waals surface area contributed by atoms with Gasteiger partial charge in [-0.2, -0.15) is 0 Å². The number of fused-ring (bicyclic) bond motifs is 3. The Bertz CT molecular complexity index is 1180. The molecule has 1 N–H and O–H groups in total. The number of carbonyl (C=O) groups is 2. The molecule has 2 heterocycles. The van der Waals surface area contributed by atoms with Crippen LogP contribution in [0.15, 0.2) is 42.6 Å². The number of ether oxygens (including phenoxy) is 1. The molecule has 1 amide bonds. The van der Waals surface area contributed by atoms with Crippen LogP contribution in [-0.2, 0) is 16.0 Å². The fourth-order valence-electron chi connectivity index (χ4n) is 3.59. The first-order chi connectivity index (χ1) is 14.4. The standard InChI is InChI=1S/C22H17ClF2N2O3/c1-2-30-22(29)18-11-27(21(28)12-7-14(24)10-15(25)8-12)6-5-16-17-9-13(23)3-4-19(17)26-20(16)18/h3-4,7-11,26H,2,5-6H2,1H3. The molecule has 30 heavy (non-hydrogen) atoms. The number of nitrogens with zero attached hydrogens (tertiary/aromatic N) is 1. The third-order valence-corrected chi connectivity index (χ3v) is 5.13. The number of halogens is 3. The molecule has 0 saturated carbocycles. The Labute approximate surface area is 175 Å². The fourth-order valence-corrected chi connectivity index (χ4v) is 3.77. The lowest BCUT2D eigenvalue weighted by Gasteiger charge is -2.18. The summed E-state index contributed by atoms with van der Waals surface area (Å²) in [5.74, 6) is -2.94. The summed E-state index contributed by atoms with van der Waals surface area (Å²) in [6.07, 6.45) is 1.77. The number of hydrogen-bond acceptors (Lipinski definition) is 3. The number of benzene rings is 2. The molecule has 0 spiro atoms. The number of aromatic amines is 1. The van der Waals surface area contributed by atoms with E-state index in [-0.39, 0.29) is 24.3 Å². The largest absolute Gasteiger partial charge is 0.462 e. The molecule has 0 aliphatic carbocycles. The van der Waals surface area contributed by atoms with E-state index in [0.29, 0.717) is 23.2 Å². The van der Waals surface area contributed by atoms with Gasteiger partial charge in [0.05, 0.1) is 17.9 Å². The van der Waals surface area contributed by atoms with Crippen molar-refractivity contribution >= 4 is 40.0 Å². The summed E-state index contributed by atoms with van der Waals surface area (Å²) in [6.45, 7) is 2.03. The summed E-state index contributed by atoms with van der Waals surface area (Å²) < 4.78 is 32.4. The van der Waals surface area contributed by atoms with E-state index >= 15 is 0 Å². The van der Waals surface area contributed by atoms with Gasteiger partial charge in [0.15, 0.2) is 0 Å². The third-order valence-electron chi connectivity index (χ3n) is 4.89. The zero-order valence-electron chi connectivity index (χ0n) is 16.0. The molecule has 0 atom stereocenters. The van der Waals surface area contributed by atoms with Gasteiger partial charge in [-0.15, -0.1) is 0 Å². The molecule has 4 rings (SSSR count). The molecule has 0 bridgehead atoms. The first-order valence-corrected chi connectivity index (χ1v) is 9.71. The van der Waals surface area contributed by atoms with Gasteiger partial charge in [-0.1, -0.05) is 11.6 Å². The van der Waals surface area contributed by atoms with Gasteiger partial charge in [0.25, 0.3) is 5.91 Å². The predicted molar refractivity (Wildman–Crippen MR) is 109 cm³/mol. The maximum absolute atomic E-state index is 13.6. The molecule has 2 aromatic carbocycles. The Hall–Kier alpha value is -3.19. The van der Waals surface area contributed by atoms with Crippen LogP contribution in [0.4, 0.5) is 8.78 Å². The highest BCUT2D eigenvalue weighted by Crippen LogP contribution is 2.33. The quantitative estimate of drug-likeness (QED) is 0.612. The summed E-state index contributed by atoms with van der Waals surface area (Å²) in [5.41, 5.74) is 2.15. The summed E-state index contributed by atoms with van der Waals surface area (Å²) >= 11 is 6.14. The van der Waals surface area contributed by atoms with E-state index in [0.717, 1.165) is 28.6 Å². The van der Waals surface area contributed by atoms with Gasteiger partial charge in [0, 0.05) is 40.3 Å². The molecule has 0 fully saturated rings. The average Bonchev–Trinajstić information content (AvgIpc) is 2.93. The number of amides is 1. The van der Waals surface area contributed by atoms with Crippen LogP contribution >= 0.6 is 11.6 Å². The molecule has 8 heteroatoms. The molecule has 1 aliphatic rings. The van der Waals surface area contributed by atoms with E-state index in [1.54, 1.807) is 19.1 Å². The van der Waals surface area contributed by atoms with Crippen molar-refractivity contribution in [3.8, 4) is 0 Å². The second kappa shape index (κ2) is 7.91. The Morgan fingerprint density at radius 2 is 1.90 bits per heavy atom. The summed E-state index contributed by atoms with van der Waals surface area (Å²) in [7, 11) is 0. The van der Waals surface area contributed by atoms with Crippen LogP contribution in [0.2, 0.25) is 5.02 Å². The van der Waals surface area contributed by atoms with Crippen molar-refractivity contribution in [2.45, 2.75) is 13.3 Å². The van der Waals surface area contributed by atoms with Gasteiger partial charge in [-0.05, 0) is 49.2 Å². The lowest BCUT2D eigenvalue weighted by atomic mass is 10.0. The van der Waals surface area contributed by atoms with Crippen molar-refractivity contribution in [2.75, 3.05) is 13.2 Å². The second-order valence-corrected chi connectivity index (χ2v) is 7.27. The first-order valence-electron chi connectivity index (χ1n) is 9.34. The number of esters is 1. The number of rotatable bonds is 3. The third kappa shape index (κ3) is 3.68. The Morgan fingerprint density at radius 3 is 2.60 bits per heavy atom. The number of H-pyrrole nitrogens is 1. The average molecular weight is 431 g/mol. The molecular weight excluding hydrogens is 414 g/mol. The van der Waals surface area contributed by atoms with Crippen molar-refractivity contribution < 1.29 is 23.1 Å². The first kappa shape index (κ1) is 20.1. The molecule has 0 radical (unpaired) electrons. The normalized spacial score (nSPS) is 13.6. The molecule has 3 aromatic rings. The zero-order chi connectivity index (χ0) is 21.4. The van der Waals surface area contributed by atoms with E-state index in [4.69, 9.17) is 16.3 Å². The number of carbonyl (C=O) groups excluding carboxylic acids is 2. The zero-order valence-corrected chi connectivity index (χ0v) is 16.7. The molecule has 154 valence electrons. The topological polar surface area (TPSA) is 62.4 Å². The highest BCUT2D eigenvalue weighted by atomic mass is 35.5. The minimum atomic E-state index is -0.853. The summed E-state index contributed by atoms with van der Waals surface area (Å²) in [4.78, 5) is 30.1. The van der Waals surface area contributed by atoms with E-state index in [1.807, 2.05) is 6.07 Å². The Morgan fingerprint density at radius 1 is 1.17 bits per heavy atom. The number of hydrogen-bond donors (Lipinski definition) is 1. The Balaban J connectivity index is 1.81. The number of nitrogens with one attached hydrogen (secondary N) is 1. The maximum atomic E-state index is 13.6. The van der Waals surface area contributed by atoms with E-state index in [9.17, 15) is 18.4 Å². The van der Waals surface area contributed by atoms with Crippen molar-refractivity contribution in [2.24, 2.45) is 0 Å². The smallest absolute Gasteiger partial charge is 0.341 e. The minimum Gasteiger partial charge on any atom is -0.462 e. The molecule has 0 unspecified atom stereocenters. The van der Waals surface area contributed by atoms with Crippen molar-refractivity contribution in [3.63, 3.8) is 0 Å². The lowest BCUT2D eigenvalue weighted by molar-refractivity contribution is -0.136. The van der Waals surface area contributed by atoms with E-state index in [2.05, 4.69) is 4.98 Å². The van der Waals surface area contributed by atoms with E-state index in [1.165, 1.54) is 11.1 Å². The van der Waals surface area contributed by atoms with Crippen molar-refractivity contribution in [1.82, 2.24) is 9.88 Å². The van der Waals surface area contributed by atoms with Crippen molar-refractivity contribution in [1.29, 1.82) is 0 Å². The van der Waals surface area contributed by atoms with Gasteiger partial charge < -0.3 is 14.6 Å². The van der Waals surface area contributed by atoms with Crippen LogP contribution in [0, 0.1) is 11.6 Å². The van der Waals surface area contributed by atoms with Crippen LogP contribution < -0.4 is 0 Å². The minimum absolute atomic E-state index is 0.148. The molecule has 1 aromatic heterocycles. The molecule has 5 nitrogen and oxygen atoms in total. The van der Waals surface area contributed by atoms with Crippen LogP contribution in [0.5, 0.6) is 0 Å². The molecule has 0 saturated heterocycles.